The molecule has 1 aliphatic rings. The molecule has 0 aromatic heterocycles. The molecule has 0 aliphatic heterocycles. The van der Waals surface area contributed by atoms with E-state index in [0.717, 1.165) is 25.7 Å². The molecule has 0 spiro atoms. The highest BCUT2D eigenvalue weighted by Crippen LogP contribution is 2.21. The minimum atomic E-state index is -4.53. The minimum Gasteiger partial charge on any atom is -0.382 e. The molecular formula is C9H17F3N2O. The van der Waals surface area contributed by atoms with E-state index in [1.807, 2.05) is 0 Å². The van der Waals surface area contributed by atoms with E-state index in [-0.39, 0.29) is 12.1 Å². The maximum Gasteiger partial charge on any atom is 0.415 e. The van der Waals surface area contributed by atoms with Gasteiger partial charge in [0.05, 0.1) is 0 Å². The van der Waals surface area contributed by atoms with Gasteiger partial charge in [0.15, 0.2) is 6.10 Å². The van der Waals surface area contributed by atoms with Crippen molar-refractivity contribution < 1.29 is 18.3 Å². The van der Waals surface area contributed by atoms with Crippen LogP contribution in [0.1, 0.15) is 25.7 Å². The molecule has 1 fully saturated rings. The van der Waals surface area contributed by atoms with Gasteiger partial charge in [-0.25, -0.2) is 0 Å². The topological polar surface area (TPSA) is 58.3 Å². The number of hydrogen-bond acceptors (Lipinski definition) is 3. The van der Waals surface area contributed by atoms with Crippen LogP contribution in [0.4, 0.5) is 13.2 Å². The molecule has 1 saturated carbocycles. The van der Waals surface area contributed by atoms with Crippen molar-refractivity contribution >= 4 is 0 Å². The van der Waals surface area contributed by atoms with Crippen molar-refractivity contribution in [3.63, 3.8) is 0 Å². The van der Waals surface area contributed by atoms with Crippen LogP contribution in [-0.4, -0.2) is 36.0 Å². The number of aliphatic hydroxyl groups excluding tert-OH is 1. The van der Waals surface area contributed by atoms with E-state index in [9.17, 15) is 13.2 Å². The second-order valence-electron chi connectivity index (χ2n) is 4.08. The third kappa shape index (κ3) is 4.36. The summed E-state index contributed by atoms with van der Waals surface area (Å²) in [6, 6.07) is 0.234. The summed E-state index contributed by atoms with van der Waals surface area (Å²) in [4.78, 5) is 0. The fourth-order valence-electron chi connectivity index (χ4n) is 1.72. The zero-order valence-electron chi connectivity index (χ0n) is 8.43. The first-order chi connectivity index (χ1) is 6.89. The molecule has 0 aromatic carbocycles. The first kappa shape index (κ1) is 12.7. The van der Waals surface area contributed by atoms with E-state index in [0.29, 0.717) is 0 Å². The molecule has 0 heterocycles. The van der Waals surface area contributed by atoms with Crippen molar-refractivity contribution in [1.82, 2.24) is 5.32 Å². The highest BCUT2D eigenvalue weighted by molar-refractivity contribution is 4.80. The number of alkyl halides is 3. The van der Waals surface area contributed by atoms with Gasteiger partial charge >= 0.3 is 6.18 Å². The molecule has 0 bridgehead atoms. The average Bonchev–Trinajstić information content (AvgIpc) is 2.15. The van der Waals surface area contributed by atoms with Crippen LogP contribution in [0.2, 0.25) is 0 Å². The molecule has 0 saturated heterocycles. The number of nitrogens with two attached hydrogens (primary N) is 1. The van der Waals surface area contributed by atoms with Crippen LogP contribution in [0.5, 0.6) is 0 Å². The molecule has 4 N–H and O–H groups in total. The average molecular weight is 226 g/mol. The summed E-state index contributed by atoms with van der Waals surface area (Å²) < 4.78 is 35.9. The van der Waals surface area contributed by atoms with E-state index in [1.165, 1.54) is 0 Å². The van der Waals surface area contributed by atoms with Gasteiger partial charge in [0.2, 0.25) is 0 Å². The molecule has 1 rings (SSSR count). The smallest absolute Gasteiger partial charge is 0.382 e. The number of rotatable bonds is 3. The molecule has 3 nitrogen and oxygen atoms in total. The summed E-state index contributed by atoms with van der Waals surface area (Å²) in [5, 5.41) is 11.5. The fraction of sp³-hybridized carbons (Fsp3) is 1.00. The van der Waals surface area contributed by atoms with Crippen LogP contribution in [0.25, 0.3) is 0 Å². The lowest BCUT2D eigenvalue weighted by Gasteiger charge is -2.28. The van der Waals surface area contributed by atoms with Crippen LogP contribution in [0, 0.1) is 0 Å². The number of aliphatic hydroxyl groups is 1. The highest BCUT2D eigenvalue weighted by Gasteiger charge is 2.38. The molecule has 90 valence electrons. The Kier molecular flexibility index (Phi) is 4.36. The van der Waals surface area contributed by atoms with E-state index >= 15 is 0 Å². The van der Waals surface area contributed by atoms with Crippen LogP contribution in [0.3, 0.4) is 0 Å². The Balaban J connectivity index is 2.20. The van der Waals surface area contributed by atoms with Crippen LogP contribution < -0.4 is 11.1 Å². The van der Waals surface area contributed by atoms with Gasteiger partial charge in [0.25, 0.3) is 0 Å². The highest BCUT2D eigenvalue weighted by atomic mass is 19.4. The molecule has 0 radical (unpaired) electrons. The largest absolute Gasteiger partial charge is 0.415 e. The van der Waals surface area contributed by atoms with Gasteiger partial charge in [-0.2, -0.15) is 13.2 Å². The first-order valence-electron chi connectivity index (χ1n) is 5.13. The summed E-state index contributed by atoms with van der Waals surface area (Å²) in [6.45, 7) is -0.427. The second-order valence-corrected chi connectivity index (χ2v) is 4.08. The zero-order chi connectivity index (χ0) is 11.5. The van der Waals surface area contributed by atoms with Gasteiger partial charge in [0.1, 0.15) is 0 Å². The lowest BCUT2D eigenvalue weighted by Crippen LogP contribution is -2.44. The van der Waals surface area contributed by atoms with E-state index in [2.05, 4.69) is 5.32 Å². The van der Waals surface area contributed by atoms with E-state index in [1.54, 1.807) is 0 Å². The zero-order valence-corrected chi connectivity index (χ0v) is 8.43. The minimum absolute atomic E-state index is 0.0572. The molecule has 0 unspecified atom stereocenters. The van der Waals surface area contributed by atoms with Gasteiger partial charge in [-0.3, -0.25) is 0 Å². The van der Waals surface area contributed by atoms with Crippen LogP contribution in [-0.2, 0) is 0 Å². The SMILES string of the molecule is NC1CCC(NC[C@@H](O)C(F)(F)F)CC1. The van der Waals surface area contributed by atoms with Gasteiger partial charge in [-0.1, -0.05) is 0 Å². The third-order valence-corrected chi connectivity index (χ3v) is 2.75. The molecule has 0 aromatic rings. The molecule has 6 heteroatoms. The maximum atomic E-state index is 12.0. The standard InChI is InChI=1S/C9H17F3N2O/c10-9(11,12)8(15)5-14-7-3-1-6(13)2-4-7/h6-8,14-15H,1-5,13H2/t6?,7?,8-/m1/s1. The van der Waals surface area contributed by atoms with Gasteiger partial charge in [-0.05, 0) is 25.7 Å². The van der Waals surface area contributed by atoms with Gasteiger partial charge in [0, 0.05) is 18.6 Å². The number of hydrogen-bond donors (Lipinski definition) is 3. The van der Waals surface area contributed by atoms with Crippen molar-refractivity contribution in [3.05, 3.63) is 0 Å². The Morgan fingerprint density at radius 2 is 1.80 bits per heavy atom. The third-order valence-electron chi connectivity index (χ3n) is 2.75. The molecule has 1 atom stereocenters. The monoisotopic (exact) mass is 226 g/mol. The van der Waals surface area contributed by atoms with Crippen molar-refractivity contribution in [1.29, 1.82) is 0 Å². The Morgan fingerprint density at radius 1 is 1.27 bits per heavy atom. The maximum absolute atomic E-state index is 12.0. The Hall–Kier alpha value is -0.330. The second kappa shape index (κ2) is 5.14. The van der Waals surface area contributed by atoms with Crippen molar-refractivity contribution in [2.75, 3.05) is 6.54 Å². The number of halogens is 3. The van der Waals surface area contributed by atoms with E-state index in [4.69, 9.17) is 10.8 Å². The lowest BCUT2D eigenvalue weighted by molar-refractivity contribution is -0.202. The molecular weight excluding hydrogens is 209 g/mol. The Bertz CT molecular complexity index is 190. The Morgan fingerprint density at radius 3 is 2.27 bits per heavy atom. The van der Waals surface area contributed by atoms with Gasteiger partial charge in [-0.15, -0.1) is 0 Å². The van der Waals surface area contributed by atoms with Crippen LogP contribution >= 0.6 is 0 Å². The molecule has 15 heavy (non-hydrogen) atoms. The summed E-state index contributed by atoms with van der Waals surface area (Å²) in [5.41, 5.74) is 5.67. The first-order valence-corrected chi connectivity index (χ1v) is 5.13. The summed E-state index contributed by atoms with van der Waals surface area (Å²) in [5.74, 6) is 0. The molecule has 0 amide bonds. The van der Waals surface area contributed by atoms with Gasteiger partial charge < -0.3 is 16.2 Å². The number of nitrogens with one attached hydrogen (secondary N) is 1. The summed E-state index contributed by atoms with van der Waals surface area (Å²) in [7, 11) is 0. The van der Waals surface area contributed by atoms with Crippen molar-refractivity contribution in [2.24, 2.45) is 5.73 Å². The van der Waals surface area contributed by atoms with E-state index < -0.39 is 18.8 Å². The Labute approximate surface area is 86.8 Å². The predicted octanol–water partition coefficient (Wildman–Crippen LogP) is 0.769. The lowest BCUT2D eigenvalue weighted by atomic mass is 9.92. The normalized spacial score (nSPS) is 30.2. The summed E-state index contributed by atoms with van der Waals surface area (Å²) in [6.07, 6.45) is -3.57. The van der Waals surface area contributed by atoms with Crippen LogP contribution in [0.15, 0.2) is 0 Å². The predicted molar refractivity (Wildman–Crippen MR) is 50.3 cm³/mol. The molecule has 1 aliphatic carbocycles. The summed E-state index contributed by atoms with van der Waals surface area (Å²) >= 11 is 0. The van der Waals surface area contributed by atoms with Crippen molar-refractivity contribution in [2.45, 2.75) is 50.0 Å². The quantitative estimate of drug-likeness (QED) is 0.666. The van der Waals surface area contributed by atoms with Crippen molar-refractivity contribution in [3.8, 4) is 0 Å². The fourth-order valence-corrected chi connectivity index (χ4v) is 1.72.